The number of halogens is 3. The molecule has 0 fully saturated rings. The van der Waals surface area contributed by atoms with Crippen LogP contribution in [0.15, 0.2) is 60.9 Å². The Labute approximate surface area is 213 Å². The third-order valence-electron chi connectivity index (χ3n) is 5.59. The highest BCUT2D eigenvalue weighted by atomic mass is 19.4. The van der Waals surface area contributed by atoms with Crippen molar-refractivity contribution in [2.75, 3.05) is 19.0 Å². The zero-order valence-electron chi connectivity index (χ0n) is 20.8. The predicted molar refractivity (Wildman–Crippen MR) is 134 cm³/mol. The number of rotatable bonds is 10. The van der Waals surface area contributed by atoms with Crippen LogP contribution in [-0.2, 0) is 15.7 Å². The van der Waals surface area contributed by atoms with E-state index in [4.69, 9.17) is 0 Å². The highest BCUT2D eigenvalue weighted by molar-refractivity contribution is 5.94. The zero-order chi connectivity index (χ0) is 27.0. The summed E-state index contributed by atoms with van der Waals surface area (Å²) >= 11 is 0. The van der Waals surface area contributed by atoms with Crippen molar-refractivity contribution in [3.8, 4) is 11.3 Å². The number of carbonyl (C=O) groups is 2. The van der Waals surface area contributed by atoms with Gasteiger partial charge < -0.3 is 15.4 Å². The van der Waals surface area contributed by atoms with Crippen molar-refractivity contribution >= 4 is 17.7 Å². The molecular weight excluding hydrogens is 485 g/mol. The summed E-state index contributed by atoms with van der Waals surface area (Å²) in [6, 6.07) is 11.8. The number of amides is 1. The summed E-state index contributed by atoms with van der Waals surface area (Å²) in [5, 5.41) is 6.01. The van der Waals surface area contributed by atoms with Gasteiger partial charge in [-0.3, -0.25) is 14.6 Å². The second kappa shape index (κ2) is 12.3. The molecule has 0 radical (unpaired) electrons. The first-order valence-electron chi connectivity index (χ1n) is 11.8. The second-order valence-electron chi connectivity index (χ2n) is 8.89. The molecule has 3 rings (SSSR count). The Morgan fingerprint density at radius 3 is 2.24 bits per heavy atom. The number of ether oxygens (including phenoxy) is 1. The first kappa shape index (κ1) is 27.6. The third-order valence-corrected chi connectivity index (χ3v) is 5.59. The zero-order valence-corrected chi connectivity index (χ0v) is 20.8. The molecule has 2 heterocycles. The van der Waals surface area contributed by atoms with Gasteiger partial charge >= 0.3 is 12.1 Å². The average Bonchev–Trinajstić information content (AvgIpc) is 2.88. The normalized spacial score (nSPS) is 12.2. The highest BCUT2D eigenvalue weighted by Gasteiger charge is 2.30. The molecule has 2 aromatic heterocycles. The molecule has 37 heavy (non-hydrogen) atoms. The van der Waals surface area contributed by atoms with E-state index in [0.29, 0.717) is 28.6 Å². The van der Waals surface area contributed by atoms with E-state index in [1.807, 2.05) is 6.07 Å². The fraction of sp³-hybridized carbons (Fsp3) is 0.333. The largest absolute Gasteiger partial charge is 0.469 e. The third kappa shape index (κ3) is 8.03. The summed E-state index contributed by atoms with van der Waals surface area (Å²) in [5.74, 6) is 0.177. The lowest BCUT2D eigenvalue weighted by molar-refractivity contribution is -0.140. The van der Waals surface area contributed by atoms with Crippen LogP contribution in [0.4, 0.5) is 19.0 Å². The van der Waals surface area contributed by atoms with Gasteiger partial charge in [0.15, 0.2) is 0 Å². The SMILES string of the molecule is COC(=O)CCNC(=O)c1ccc(NC(CC(C)C)c2ccc(-c3ccc(C(F)(F)F)cc3)nc2)nc1. The van der Waals surface area contributed by atoms with Crippen LogP contribution < -0.4 is 10.6 Å². The summed E-state index contributed by atoms with van der Waals surface area (Å²) < 4.78 is 43.0. The molecule has 0 saturated heterocycles. The van der Waals surface area contributed by atoms with E-state index in [2.05, 4.69) is 39.2 Å². The van der Waals surface area contributed by atoms with Crippen LogP contribution in [0.5, 0.6) is 0 Å². The minimum Gasteiger partial charge on any atom is -0.469 e. The van der Waals surface area contributed by atoms with E-state index < -0.39 is 17.7 Å². The number of carbonyl (C=O) groups excluding carboxylic acids is 2. The van der Waals surface area contributed by atoms with E-state index in [-0.39, 0.29) is 24.9 Å². The van der Waals surface area contributed by atoms with Crippen molar-refractivity contribution in [3.63, 3.8) is 0 Å². The molecule has 0 spiro atoms. The first-order valence-corrected chi connectivity index (χ1v) is 11.8. The summed E-state index contributed by atoms with van der Waals surface area (Å²) in [7, 11) is 1.29. The number of alkyl halides is 3. The van der Waals surface area contributed by atoms with E-state index in [9.17, 15) is 22.8 Å². The molecule has 0 aliphatic rings. The molecule has 3 aromatic rings. The molecule has 1 aromatic carbocycles. The molecule has 0 aliphatic heterocycles. The minimum absolute atomic E-state index is 0.0812. The molecule has 0 aliphatic carbocycles. The molecule has 10 heteroatoms. The van der Waals surface area contributed by atoms with E-state index >= 15 is 0 Å². The molecule has 1 amide bonds. The van der Waals surface area contributed by atoms with Crippen molar-refractivity contribution in [2.45, 2.75) is 38.9 Å². The van der Waals surface area contributed by atoms with Crippen molar-refractivity contribution in [3.05, 3.63) is 77.6 Å². The average molecular weight is 515 g/mol. The Kier molecular flexibility index (Phi) is 9.21. The van der Waals surface area contributed by atoms with Gasteiger partial charge in [-0.15, -0.1) is 0 Å². The van der Waals surface area contributed by atoms with E-state index in [0.717, 1.165) is 24.1 Å². The molecule has 0 saturated carbocycles. The lowest BCUT2D eigenvalue weighted by atomic mass is 9.97. The van der Waals surface area contributed by atoms with Crippen LogP contribution in [0.2, 0.25) is 0 Å². The highest BCUT2D eigenvalue weighted by Crippen LogP contribution is 2.31. The fourth-order valence-corrected chi connectivity index (χ4v) is 3.64. The number of nitrogens with one attached hydrogen (secondary N) is 2. The summed E-state index contributed by atoms with van der Waals surface area (Å²) in [4.78, 5) is 32.2. The maximum absolute atomic E-state index is 12.8. The standard InChI is InChI=1S/C27H29F3N4O3/c1-17(2)14-23(34-24-11-7-20(16-33-24)26(36)31-13-12-25(35)37-3)19-6-10-22(32-15-19)18-4-8-21(9-5-18)27(28,29)30/h4-11,15-17,23H,12-14H2,1-3H3,(H,31,36)(H,33,34). The van der Waals surface area contributed by atoms with Gasteiger partial charge in [0.2, 0.25) is 0 Å². The van der Waals surface area contributed by atoms with Crippen LogP contribution in [0.3, 0.4) is 0 Å². The van der Waals surface area contributed by atoms with Gasteiger partial charge in [0.25, 0.3) is 5.91 Å². The maximum Gasteiger partial charge on any atom is 0.416 e. The van der Waals surface area contributed by atoms with Crippen LogP contribution in [0.1, 0.15) is 54.2 Å². The Hall–Kier alpha value is -3.95. The molecule has 2 N–H and O–H groups in total. The Morgan fingerprint density at radius 1 is 0.973 bits per heavy atom. The number of pyridine rings is 2. The number of hydrogen-bond acceptors (Lipinski definition) is 6. The van der Waals surface area contributed by atoms with Gasteiger partial charge in [0.1, 0.15) is 5.82 Å². The number of hydrogen-bond donors (Lipinski definition) is 2. The van der Waals surface area contributed by atoms with Gasteiger partial charge in [-0.2, -0.15) is 13.2 Å². The monoisotopic (exact) mass is 514 g/mol. The number of aromatic nitrogens is 2. The van der Waals surface area contributed by atoms with Crippen molar-refractivity contribution in [1.82, 2.24) is 15.3 Å². The number of nitrogens with zero attached hydrogens (tertiary/aromatic N) is 2. The Balaban J connectivity index is 1.68. The maximum atomic E-state index is 12.8. The Morgan fingerprint density at radius 2 is 1.70 bits per heavy atom. The summed E-state index contributed by atoms with van der Waals surface area (Å²) in [6.45, 7) is 4.35. The molecular formula is C27H29F3N4O3. The van der Waals surface area contributed by atoms with E-state index in [1.54, 1.807) is 24.4 Å². The quantitative estimate of drug-likeness (QED) is 0.340. The van der Waals surface area contributed by atoms with Crippen molar-refractivity contribution in [1.29, 1.82) is 0 Å². The molecule has 196 valence electrons. The van der Waals surface area contributed by atoms with Crippen LogP contribution in [0, 0.1) is 5.92 Å². The topological polar surface area (TPSA) is 93.2 Å². The van der Waals surface area contributed by atoms with Gasteiger partial charge in [-0.25, -0.2) is 4.98 Å². The smallest absolute Gasteiger partial charge is 0.416 e. The number of benzene rings is 1. The predicted octanol–water partition coefficient (Wildman–Crippen LogP) is 5.65. The van der Waals surface area contributed by atoms with Crippen molar-refractivity contribution < 1.29 is 27.5 Å². The van der Waals surface area contributed by atoms with Crippen LogP contribution in [-0.4, -0.2) is 35.5 Å². The fourth-order valence-electron chi connectivity index (χ4n) is 3.64. The summed E-state index contributed by atoms with van der Waals surface area (Å²) in [6.07, 6.45) is -0.368. The van der Waals surface area contributed by atoms with Gasteiger partial charge in [0, 0.05) is 24.5 Å². The van der Waals surface area contributed by atoms with Gasteiger partial charge in [-0.05, 0) is 48.2 Å². The molecule has 0 bridgehead atoms. The lowest BCUT2D eigenvalue weighted by Gasteiger charge is -2.22. The summed E-state index contributed by atoms with van der Waals surface area (Å²) in [5.41, 5.74) is 1.72. The number of anilines is 1. The molecule has 1 unspecified atom stereocenters. The number of methoxy groups -OCH3 is 1. The van der Waals surface area contributed by atoms with Crippen molar-refractivity contribution in [2.24, 2.45) is 5.92 Å². The van der Waals surface area contributed by atoms with Gasteiger partial charge in [-0.1, -0.05) is 32.0 Å². The second-order valence-corrected chi connectivity index (χ2v) is 8.89. The Bertz CT molecular complexity index is 1180. The number of esters is 1. The molecule has 7 nitrogen and oxygen atoms in total. The van der Waals surface area contributed by atoms with E-state index in [1.165, 1.54) is 25.4 Å². The lowest BCUT2D eigenvalue weighted by Crippen LogP contribution is -2.26. The van der Waals surface area contributed by atoms with Crippen LogP contribution >= 0.6 is 0 Å². The molecule has 1 atom stereocenters. The minimum atomic E-state index is -4.38. The first-order chi connectivity index (χ1) is 17.6. The van der Waals surface area contributed by atoms with Crippen LogP contribution in [0.25, 0.3) is 11.3 Å². The van der Waals surface area contributed by atoms with Gasteiger partial charge in [0.05, 0.1) is 36.4 Å².